The number of aromatic nitrogens is 2. The van der Waals surface area contributed by atoms with Crippen molar-refractivity contribution < 1.29 is 4.42 Å². The van der Waals surface area contributed by atoms with Crippen LogP contribution in [-0.4, -0.2) is 17.0 Å². The molecule has 5 nitrogen and oxygen atoms in total. The molecule has 0 fully saturated rings. The van der Waals surface area contributed by atoms with Crippen molar-refractivity contribution in [1.29, 1.82) is 0 Å². The maximum absolute atomic E-state index is 5.59. The minimum absolute atomic E-state index is 0.465. The Balaban J connectivity index is 2.13. The number of nitrogens with two attached hydrogens (primary N) is 1. The number of hydrogen-bond acceptors (Lipinski definition) is 5. The summed E-state index contributed by atoms with van der Waals surface area (Å²) in [6, 6.07) is 3.92. The molecule has 96 valence electrons. The summed E-state index contributed by atoms with van der Waals surface area (Å²) in [4.78, 5) is 10.7. The third-order valence-corrected chi connectivity index (χ3v) is 2.82. The van der Waals surface area contributed by atoms with E-state index in [0.29, 0.717) is 19.0 Å². The molecule has 0 unspecified atom stereocenters. The highest BCUT2D eigenvalue weighted by Gasteiger charge is 2.09. The lowest BCUT2D eigenvalue weighted by atomic mass is 10.2. The molecule has 0 bridgehead atoms. The van der Waals surface area contributed by atoms with E-state index in [2.05, 4.69) is 9.97 Å². The Kier molecular flexibility index (Phi) is 3.62. The molecule has 0 saturated carbocycles. The number of anilines is 1. The molecule has 0 amide bonds. The smallest absolute Gasteiger partial charge is 0.225 e. The van der Waals surface area contributed by atoms with Crippen molar-refractivity contribution in [2.75, 3.05) is 11.9 Å². The fourth-order valence-corrected chi connectivity index (χ4v) is 1.74. The van der Waals surface area contributed by atoms with E-state index < -0.39 is 0 Å². The normalized spacial score (nSPS) is 10.7. The molecule has 2 N–H and O–H groups in total. The third kappa shape index (κ3) is 2.68. The van der Waals surface area contributed by atoms with E-state index in [1.165, 1.54) is 0 Å². The van der Waals surface area contributed by atoms with Crippen LogP contribution in [0.25, 0.3) is 0 Å². The summed E-state index contributed by atoms with van der Waals surface area (Å²) < 4.78 is 5.53. The van der Waals surface area contributed by atoms with Gasteiger partial charge in [-0.15, -0.1) is 0 Å². The Morgan fingerprint density at radius 3 is 2.67 bits per heavy atom. The van der Waals surface area contributed by atoms with Gasteiger partial charge in [0.05, 0.1) is 6.54 Å². The van der Waals surface area contributed by atoms with Crippen molar-refractivity contribution >= 4 is 5.95 Å². The second-order valence-electron chi connectivity index (χ2n) is 4.35. The van der Waals surface area contributed by atoms with Crippen molar-refractivity contribution in [3.63, 3.8) is 0 Å². The molecule has 0 spiro atoms. The van der Waals surface area contributed by atoms with Crippen molar-refractivity contribution in [1.82, 2.24) is 9.97 Å². The first-order chi connectivity index (χ1) is 8.60. The summed E-state index contributed by atoms with van der Waals surface area (Å²) in [5.74, 6) is 2.49. The molecule has 5 heteroatoms. The minimum Gasteiger partial charge on any atom is -0.464 e. The SMILES string of the molecule is Cc1ccc(CN(C)c2ncc(CN)c(C)n2)o1. The molecule has 2 heterocycles. The molecule has 18 heavy (non-hydrogen) atoms. The van der Waals surface area contributed by atoms with Crippen LogP contribution in [0.5, 0.6) is 0 Å². The van der Waals surface area contributed by atoms with E-state index in [4.69, 9.17) is 10.2 Å². The second-order valence-corrected chi connectivity index (χ2v) is 4.35. The lowest BCUT2D eigenvalue weighted by Gasteiger charge is -2.16. The number of rotatable bonds is 4. The van der Waals surface area contributed by atoms with Gasteiger partial charge in [0.2, 0.25) is 5.95 Å². The fraction of sp³-hybridized carbons (Fsp3) is 0.385. The van der Waals surface area contributed by atoms with Crippen LogP contribution in [-0.2, 0) is 13.1 Å². The molecule has 0 aliphatic rings. The van der Waals surface area contributed by atoms with Gasteiger partial charge in [-0.1, -0.05) is 0 Å². The third-order valence-electron chi connectivity index (χ3n) is 2.82. The summed E-state index contributed by atoms with van der Waals surface area (Å²) in [5.41, 5.74) is 7.49. The Labute approximate surface area is 107 Å². The van der Waals surface area contributed by atoms with Crippen LogP contribution in [0.15, 0.2) is 22.7 Å². The highest BCUT2D eigenvalue weighted by Crippen LogP contribution is 2.14. The lowest BCUT2D eigenvalue weighted by molar-refractivity contribution is 0.480. The van der Waals surface area contributed by atoms with Gasteiger partial charge >= 0.3 is 0 Å². The van der Waals surface area contributed by atoms with E-state index in [1.54, 1.807) is 6.20 Å². The molecule has 0 aliphatic heterocycles. The number of furan rings is 1. The lowest BCUT2D eigenvalue weighted by Crippen LogP contribution is -2.19. The van der Waals surface area contributed by atoms with Gasteiger partial charge in [-0.05, 0) is 26.0 Å². The first-order valence-electron chi connectivity index (χ1n) is 5.89. The standard InChI is InChI=1S/C13H18N4O/c1-9-4-5-12(18-9)8-17(3)13-15-7-11(6-14)10(2)16-13/h4-5,7H,6,8,14H2,1-3H3. The number of hydrogen-bond donors (Lipinski definition) is 1. The topological polar surface area (TPSA) is 68.2 Å². The average molecular weight is 246 g/mol. The first kappa shape index (κ1) is 12.6. The van der Waals surface area contributed by atoms with Gasteiger partial charge in [0.15, 0.2) is 0 Å². The molecule has 2 aromatic heterocycles. The molecule has 0 aromatic carbocycles. The Morgan fingerprint density at radius 2 is 2.11 bits per heavy atom. The number of aryl methyl sites for hydroxylation is 2. The molecular weight excluding hydrogens is 228 g/mol. The molecule has 0 radical (unpaired) electrons. The summed E-state index contributed by atoms with van der Waals surface area (Å²) in [6.07, 6.45) is 1.78. The number of nitrogens with zero attached hydrogens (tertiary/aromatic N) is 3. The zero-order valence-corrected chi connectivity index (χ0v) is 11.0. The van der Waals surface area contributed by atoms with Gasteiger partial charge in [-0.2, -0.15) is 0 Å². The van der Waals surface area contributed by atoms with Crippen LogP contribution in [0.1, 0.15) is 22.8 Å². The van der Waals surface area contributed by atoms with Gasteiger partial charge in [-0.3, -0.25) is 0 Å². The Morgan fingerprint density at radius 1 is 1.33 bits per heavy atom. The predicted molar refractivity (Wildman–Crippen MR) is 70.2 cm³/mol. The largest absolute Gasteiger partial charge is 0.464 e. The zero-order valence-electron chi connectivity index (χ0n) is 11.0. The fourth-order valence-electron chi connectivity index (χ4n) is 1.74. The van der Waals surface area contributed by atoms with Crippen LogP contribution in [0.4, 0.5) is 5.95 Å². The quantitative estimate of drug-likeness (QED) is 0.890. The minimum atomic E-state index is 0.465. The van der Waals surface area contributed by atoms with Crippen LogP contribution in [0.3, 0.4) is 0 Å². The second kappa shape index (κ2) is 5.18. The van der Waals surface area contributed by atoms with Crippen LogP contribution >= 0.6 is 0 Å². The van der Waals surface area contributed by atoms with Gasteiger partial charge in [0.25, 0.3) is 0 Å². The van der Waals surface area contributed by atoms with E-state index in [0.717, 1.165) is 22.8 Å². The van der Waals surface area contributed by atoms with Crippen molar-refractivity contribution in [3.05, 3.63) is 41.1 Å². The van der Waals surface area contributed by atoms with Crippen LogP contribution in [0, 0.1) is 13.8 Å². The summed E-state index contributed by atoms with van der Waals surface area (Å²) in [6.45, 7) is 4.99. The molecule has 0 aliphatic carbocycles. The van der Waals surface area contributed by atoms with E-state index in [-0.39, 0.29) is 0 Å². The molecule has 0 saturated heterocycles. The Hall–Kier alpha value is -1.88. The summed E-state index contributed by atoms with van der Waals surface area (Å²) in [5, 5.41) is 0. The molecule has 0 atom stereocenters. The first-order valence-corrected chi connectivity index (χ1v) is 5.89. The van der Waals surface area contributed by atoms with Gasteiger partial charge in [-0.25, -0.2) is 9.97 Å². The molecule has 2 aromatic rings. The van der Waals surface area contributed by atoms with Crippen molar-refractivity contribution in [3.8, 4) is 0 Å². The van der Waals surface area contributed by atoms with E-state index in [9.17, 15) is 0 Å². The highest BCUT2D eigenvalue weighted by atomic mass is 16.3. The van der Waals surface area contributed by atoms with Crippen molar-refractivity contribution in [2.24, 2.45) is 5.73 Å². The average Bonchev–Trinajstić information content (AvgIpc) is 2.74. The zero-order chi connectivity index (χ0) is 13.1. The maximum Gasteiger partial charge on any atom is 0.225 e. The monoisotopic (exact) mass is 246 g/mol. The van der Waals surface area contributed by atoms with Gasteiger partial charge in [0.1, 0.15) is 11.5 Å². The van der Waals surface area contributed by atoms with Gasteiger partial charge in [0, 0.05) is 31.0 Å². The van der Waals surface area contributed by atoms with Crippen LogP contribution in [0.2, 0.25) is 0 Å². The summed E-state index contributed by atoms with van der Waals surface area (Å²) >= 11 is 0. The predicted octanol–water partition coefficient (Wildman–Crippen LogP) is 1.78. The van der Waals surface area contributed by atoms with Crippen LogP contribution < -0.4 is 10.6 Å². The summed E-state index contributed by atoms with van der Waals surface area (Å²) in [7, 11) is 1.94. The molecule has 2 rings (SSSR count). The maximum atomic E-state index is 5.59. The Bertz CT molecular complexity index is 536. The highest BCUT2D eigenvalue weighted by molar-refractivity contribution is 5.32. The molecular formula is C13H18N4O. The van der Waals surface area contributed by atoms with Gasteiger partial charge < -0.3 is 15.1 Å². The van der Waals surface area contributed by atoms with E-state index in [1.807, 2.05) is 37.9 Å². The van der Waals surface area contributed by atoms with E-state index >= 15 is 0 Å². The van der Waals surface area contributed by atoms with Crippen molar-refractivity contribution in [2.45, 2.75) is 26.9 Å².